The lowest BCUT2D eigenvalue weighted by molar-refractivity contribution is -0.121. The Labute approximate surface area is 169 Å². The van der Waals surface area contributed by atoms with Gasteiger partial charge in [-0.3, -0.25) is 14.5 Å². The summed E-state index contributed by atoms with van der Waals surface area (Å²) < 4.78 is 5.39. The average Bonchev–Trinajstić information content (AvgIpc) is 2.68. The van der Waals surface area contributed by atoms with Crippen LogP contribution in [0.4, 0.5) is 0 Å². The molecule has 1 aromatic rings. The van der Waals surface area contributed by atoms with Crippen LogP contribution in [0, 0.1) is 5.92 Å². The number of ketones is 1. The molecule has 6 nitrogen and oxygen atoms in total. The first-order valence-corrected chi connectivity index (χ1v) is 10.4. The molecule has 1 aliphatic rings. The molecule has 1 amide bonds. The van der Waals surface area contributed by atoms with E-state index in [2.05, 4.69) is 36.0 Å². The maximum absolute atomic E-state index is 12.3. The molecular weight excluding hydrogens is 354 g/mol. The van der Waals surface area contributed by atoms with Crippen LogP contribution in [0.1, 0.15) is 44.0 Å². The van der Waals surface area contributed by atoms with Crippen LogP contribution in [0.5, 0.6) is 5.75 Å². The lowest BCUT2D eigenvalue weighted by atomic mass is 10.0. The van der Waals surface area contributed by atoms with E-state index in [1.165, 1.54) is 0 Å². The quantitative estimate of drug-likeness (QED) is 0.623. The van der Waals surface area contributed by atoms with Crippen LogP contribution in [-0.4, -0.2) is 73.9 Å². The number of carbonyl (C=O) groups excluding carboxylic acids is 2. The van der Waals surface area contributed by atoms with E-state index in [9.17, 15) is 9.59 Å². The smallest absolute Gasteiger partial charge is 0.220 e. The zero-order valence-electron chi connectivity index (χ0n) is 17.7. The van der Waals surface area contributed by atoms with Gasteiger partial charge in [0.1, 0.15) is 5.75 Å². The Kier molecular flexibility index (Phi) is 8.93. The van der Waals surface area contributed by atoms with E-state index >= 15 is 0 Å². The van der Waals surface area contributed by atoms with Gasteiger partial charge in [0.05, 0.1) is 6.61 Å². The fourth-order valence-electron chi connectivity index (χ4n) is 3.52. The third kappa shape index (κ3) is 6.91. The molecular formula is C22H35N3O3. The van der Waals surface area contributed by atoms with Gasteiger partial charge in [-0.2, -0.15) is 0 Å². The van der Waals surface area contributed by atoms with Gasteiger partial charge in [-0.15, -0.1) is 0 Å². The van der Waals surface area contributed by atoms with Crippen LogP contribution in [0.3, 0.4) is 0 Å². The largest absolute Gasteiger partial charge is 0.494 e. The number of hydrogen-bond acceptors (Lipinski definition) is 5. The third-order valence-electron chi connectivity index (χ3n) is 5.35. The molecule has 0 aromatic heterocycles. The van der Waals surface area contributed by atoms with Gasteiger partial charge in [-0.05, 0) is 44.2 Å². The topological polar surface area (TPSA) is 61.9 Å². The number of Topliss-reactive ketones (excluding diaryl/α,β-unsaturated/α-hetero) is 1. The Morgan fingerprint density at radius 3 is 2.29 bits per heavy atom. The van der Waals surface area contributed by atoms with Crippen LogP contribution in [0.25, 0.3) is 0 Å². The highest BCUT2D eigenvalue weighted by atomic mass is 16.5. The summed E-state index contributed by atoms with van der Waals surface area (Å²) in [5.41, 5.74) is 0.619. The van der Waals surface area contributed by atoms with Crippen LogP contribution < -0.4 is 10.1 Å². The normalized spacial score (nSPS) is 16.8. The molecule has 0 radical (unpaired) electrons. The predicted molar refractivity (Wildman–Crippen MR) is 112 cm³/mol. The number of nitrogens with zero attached hydrogens (tertiary/aromatic N) is 2. The van der Waals surface area contributed by atoms with Gasteiger partial charge >= 0.3 is 0 Å². The first-order chi connectivity index (χ1) is 13.4. The highest BCUT2D eigenvalue weighted by Crippen LogP contribution is 2.15. The van der Waals surface area contributed by atoms with E-state index in [0.717, 1.165) is 31.9 Å². The lowest BCUT2D eigenvalue weighted by Crippen LogP contribution is -2.54. The molecule has 1 atom stereocenters. The number of nitrogens with one attached hydrogen (secondary N) is 1. The van der Waals surface area contributed by atoms with Gasteiger partial charge in [0, 0.05) is 57.2 Å². The van der Waals surface area contributed by atoms with Crippen molar-refractivity contribution >= 4 is 11.7 Å². The summed E-state index contributed by atoms with van der Waals surface area (Å²) in [4.78, 5) is 29.4. The van der Waals surface area contributed by atoms with Crippen molar-refractivity contribution in [3.8, 4) is 5.75 Å². The molecule has 0 spiro atoms. The van der Waals surface area contributed by atoms with Crippen LogP contribution in [-0.2, 0) is 4.79 Å². The van der Waals surface area contributed by atoms with Crippen molar-refractivity contribution in [2.75, 3.05) is 46.4 Å². The fraction of sp³-hybridized carbons (Fsp3) is 0.636. The molecule has 1 saturated heterocycles. The minimum atomic E-state index is -0.0564. The standard InChI is InChI=1S/C22H35N3O3/c1-5-28-19-8-6-18(7-9-19)21(26)10-11-22(27)23-16-20(17(2)3)25-14-12-24(4)13-15-25/h6-9,17,20H,5,10-16H2,1-4H3,(H,23,27). The molecule has 1 fully saturated rings. The molecule has 1 aliphatic heterocycles. The molecule has 0 bridgehead atoms. The first kappa shape index (κ1) is 22.4. The van der Waals surface area contributed by atoms with Crippen LogP contribution in [0.2, 0.25) is 0 Å². The van der Waals surface area contributed by atoms with Crippen molar-refractivity contribution < 1.29 is 14.3 Å². The van der Waals surface area contributed by atoms with Crippen molar-refractivity contribution in [3.05, 3.63) is 29.8 Å². The number of rotatable bonds is 10. The fourth-order valence-corrected chi connectivity index (χ4v) is 3.52. The highest BCUT2D eigenvalue weighted by Gasteiger charge is 2.25. The Morgan fingerprint density at radius 2 is 1.71 bits per heavy atom. The van der Waals surface area contributed by atoms with Crippen molar-refractivity contribution in [2.24, 2.45) is 5.92 Å². The molecule has 1 unspecified atom stereocenters. The van der Waals surface area contributed by atoms with Gasteiger partial charge in [-0.25, -0.2) is 0 Å². The van der Waals surface area contributed by atoms with Gasteiger partial charge in [0.2, 0.25) is 5.91 Å². The summed E-state index contributed by atoms with van der Waals surface area (Å²) in [5, 5.41) is 3.04. The second-order valence-electron chi connectivity index (χ2n) is 7.84. The molecule has 6 heteroatoms. The highest BCUT2D eigenvalue weighted by molar-refractivity contribution is 5.98. The molecule has 1 heterocycles. The maximum Gasteiger partial charge on any atom is 0.220 e. The molecule has 28 heavy (non-hydrogen) atoms. The van der Waals surface area contributed by atoms with Crippen molar-refractivity contribution in [3.63, 3.8) is 0 Å². The zero-order chi connectivity index (χ0) is 20.5. The Balaban J connectivity index is 1.76. The van der Waals surface area contributed by atoms with E-state index in [4.69, 9.17) is 4.74 Å². The predicted octanol–water partition coefficient (Wildman–Crippen LogP) is 2.44. The van der Waals surface area contributed by atoms with Gasteiger partial charge in [0.15, 0.2) is 5.78 Å². The summed E-state index contributed by atoms with van der Waals surface area (Å²) in [7, 11) is 2.14. The zero-order valence-corrected chi connectivity index (χ0v) is 17.7. The van der Waals surface area contributed by atoms with E-state index in [1.807, 2.05) is 6.92 Å². The third-order valence-corrected chi connectivity index (χ3v) is 5.35. The van der Waals surface area contributed by atoms with Gasteiger partial charge in [0.25, 0.3) is 0 Å². The van der Waals surface area contributed by atoms with E-state index < -0.39 is 0 Å². The summed E-state index contributed by atoms with van der Waals surface area (Å²) in [6.45, 7) is 11.7. The molecule has 156 valence electrons. The molecule has 0 aliphatic carbocycles. The van der Waals surface area contributed by atoms with Crippen LogP contribution in [0.15, 0.2) is 24.3 Å². The number of ether oxygens (including phenoxy) is 1. The molecule has 0 saturated carbocycles. The average molecular weight is 390 g/mol. The van der Waals surface area contributed by atoms with E-state index in [0.29, 0.717) is 30.7 Å². The van der Waals surface area contributed by atoms with E-state index in [1.54, 1.807) is 24.3 Å². The lowest BCUT2D eigenvalue weighted by Gasteiger charge is -2.39. The number of benzene rings is 1. The number of hydrogen-bond donors (Lipinski definition) is 1. The van der Waals surface area contributed by atoms with E-state index in [-0.39, 0.29) is 24.5 Å². The summed E-state index contributed by atoms with van der Waals surface area (Å²) in [5.74, 6) is 1.14. The van der Waals surface area contributed by atoms with Crippen molar-refractivity contribution in [1.82, 2.24) is 15.1 Å². The second kappa shape index (κ2) is 11.2. The number of piperazine rings is 1. The number of likely N-dealkylation sites (N-methyl/N-ethyl adjacent to an activating group) is 1. The molecule has 2 rings (SSSR count). The minimum Gasteiger partial charge on any atom is -0.494 e. The van der Waals surface area contributed by atoms with Gasteiger partial charge in [-0.1, -0.05) is 13.8 Å². The number of carbonyl (C=O) groups is 2. The Hall–Kier alpha value is -1.92. The Morgan fingerprint density at radius 1 is 1.07 bits per heavy atom. The van der Waals surface area contributed by atoms with Crippen molar-refractivity contribution in [1.29, 1.82) is 0 Å². The number of amides is 1. The SMILES string of the molecule is CCOc1ccc(C(=O)CCC(=O)NCC(C(C)C)N2CCN(C)CC2)cc1. The summed E-state index contributed by atoms with van der Waals surface area (Å²) in [6.07, 6.45) is 0.445. The maximum atomic E-state index is 12.3. The van der Waals surface area contributed by atoms with Gasteiger partial charge < -0.3 is 15.0 Å². The first-order valence-electron chi connectivity index (χ1n) is 10.4. The molecule has 1 aromatic carbocycles. The summed E-state index contributed by atoms with van der Waals surface area (Å²) in [6, 6.07) is 7.43. The molecule has 1 N–H and O–H groups in total. The Bertz CT molecular complexity index is 622. The summed E-state index contributed by atoms with van der Waals surface area (Å²) >= 11 is 0. The minimum absolute atomic E-state index is 0.0160. The second-order valence-corrected chi connectivity index (χ2v) is 7.84. The van der Waals surface area contributed by atoms with Crippen LogP contribution >= 0.6 is 0 Å². The monoisotopic (exact) mass is 389 g/mol. The van der Waals surface area contributed by atoms with Crippen molar-refractivity contribution in [2.45, 2.75) is 39.7 Å².